The largest absolute Gasteiger partial charge is 0.480 e. The molecule has 6 heteroatoms. The molecule has 2 atom stereocenters. The van der Waals surface area contributed by atoms with Gasteiger partial charge in [-0.15, -0.1) is 6.58 Å². The van der Waals surface area contributed by atoms with Crippen molar-refractivity contribution in [2.24, 2.45) is 0 Å². The minimum atomic E-state index is -0.953. The third kappa shape index (κ3) is 4.39. The Balaban J connectivity index is 1.78. The molecule has 146 valence electrons. The monoisotopic (exact) mass is 383 g/mol. The highest BCUT2D eigenvalue weighted by Gasteiger charge is 2.41. The van der Waals surface area contributed by atoms with E-state index in [4.69, 9.17) is 9.47 Å². The van der Waals surface area contributed by atoms with Gasteiger partial charge in [0.05, 0.1) is 6.04 Å². The number of nitrogens with zero attached hydrogens (tertiary/aromatic N) is 1. The molecule has 0 N–H and O–H groups in total. The summed E-state index contributed by atoms with van der Waals surface area (Å²) in [7, 11) is 0. The number of aryl methyl sites for hydroxylation is 1. The summed E-state index contributed by atoms with van der Waals surface area (Å²) >= 11 is 0. The Kier molecular flexibility index (Phi) is 6.09. The normalized spacial score (nSPS) is 17.1. The van der Waals surface area contributed by atoms with E-state index in [1.807, 2.05) is 30.3 Å². The molecule has 0 unspecified atom stereocenters. The molecule has 0 saturated carbocycles. The molecule has 2 aromatic rings. The molecule has 1 heterocycles. The van der Waals surface area contributed by atoms with Crippen molar-refractivity contribution in [3.63, 3.8) is 0 Å². The van der Waals surface area contributed by atoms with Crippen molar-refractivity contribution in [1.82, 2.24) is 4.90 Å². The minimum Gasteiger partial charge on any atom is -0.480 e. The van der Waals surface area contributed by atoms with Crippen molar-refractivity contribution in [2.45, 2.75) is 31.9 Å². The first-order chi connectivity index (χ1) is 13.5. The first-order valence-electron chi connectivity index (χ1n) is 9.07. The van der Waals surface area contributed by atoms with E-state index >= 15 is 0 Å². The van der Waals surface area contributed by atoms with Crippen molar-refractivity contribution in [3.8, 4) is 5.75 Å². The van der Waals surface area contributed by atoms with E-state index in [0.29, 0.717) is 17.7 Å². The number of rotatable bonds is 7. The van der Waals surface area contributed by atoms with Crippen LogP contribution in [0.3, 0.4) is 0 Å². The number of ether oxygens (including phenoxy) is 2. The van der Waals surface area contributed by atoms with Gasteiger partial charge in [-0.2, -0.15) is 0 Å². The second-order valence-electron chi connectivity index (χ2n) is 6.67. The van der Waals surface area contributed by atoms with Crippen LogP contribution in [0.5, 0.6) is 5.75 Å². The van der Waals surface area contributed by atoms with Crippen LogP contribution in [0.1, 0.15) is 17.5 Å². The van der Waals surface area contributed by atoms with Crippen LogP contribution in [0.15, 0.2) is 61.2 Å². The van der Waals surface area contributed by atoms with Crippen LogP contribution in [0.4, 0.5) is 9.18 Å². The average Bonchev–Trinajstić information content (AvgIpc) is 3.04. The lowest BCUT2D eigenvalue weighted by atomic mass is 10.1. The highest BCUT2D eigenvalue weighted by atomic mass is 19.1. The Morgan fingerprint density at radius 3 is 2.79 bits per heavy atom. The molecule has 0 radical (unpaired) electrons. The number of halogens is 1. The molecule has 5 nitrogen and oxygen atoms in total. The third-order valence-corrected chi connectivity index (χ3v) is 4.58. The van der Waals surface area contributed by atoms with Gasteiger partial charge >= 0.3 is 6.09 Å². The summed E-state index contributed by atoms with van der Waals surface area (Å²) in [5.41, 5.74) is 1.41. The van der Waals surface area contributed by atoms with Crippen molar-refractivity contribution in [3.05, 3.63) is 78.1 Å². The van der Waals surface area contributed by atoms with Crippen LogP contribution in [0.25, 0.3) is 0 Å². The fraction of sp³-hybridized carbons (Fsp3) is 0.273. The number of hydrogen-bond acceptors (Lipinski definition) is 4. The maximum Gasteiger partial charge on any atom is 0.417 e. The summed E-state index contributed by atoms with van der Waals surface area (Å²) in [4.78, 5) is 26.4. The van der Waals surface area contributed by atoms with E-state index in [-0.39, 0.29) is 18.8 Å². The van der Waals surface area contributed by atoms with Crippen molar-refractivity contribution >= 4 is 12.0 Å². The maximum atomic E-state index is 13.5. The predicted octanol–water partition coefficient (Wildman–Crippen LogP) is 4.05. The van der Waals surface area contributed by atoms with Gasteiger partial charge in [0.1, 0.15) is 18.2 Å². The molecule has 1 saturated heterocycles. The summed E-state index contributed by atoms with van der Waals surface area (Å²) in [6, 6.07) is 13.4. The number of hydrogen-bond donors (Lipinski definition) is 0. The quantitative estimate of drug-likeness (QED) is 0.677. The van der Waals surface area contributed by atoms with Gasteiger partial charge in [-0.1, -0.05) is 36.4 Å². The van der Waals surface area contributed by atoms with E-state index in [0.717, 1.165) is 10.5 Å². The standard InChI is InChI=1S/C22H22FNO4/c1-3-7-20(28-18-10-11-19(23)15(2)12-18)21(25)24-17(14-27-22(24)26)13-16-8-5-4-6-9-16/h3-6,8-12,17,20H,1,7,13-14H2,2H3/t17-,20+/m0/s1. The second-order valence-corrected chi connectivity index (χ2v) is 6.67. The first kappa shape index (κ1) is 19.6. The molecule has 1 aliphatic rings. The highest BCUT2D eigenvalue weighted by Crippen LogP contribution is 2.23. The zero-order chi connectivity index (χ0) is 20.1. The van der Waals surface area contributed by atoms with Crippen molar-refractivity contribution in [1.29, 1.82) is 0 Å². The average molecular weight is 383 g/mol. The van der Waals surface area contributed by atoms with E-state index in [1.165, 1.54) is 18.2 Å². The summed E-state index contributed by atoms with van der Waals surface area (Å²) in [6.07, 6.45) is 0.614. The molecule has 0 spiro atoms. The van der Waals surface area contributed by atoms with Gasteiger partial charge in [0.2, 0.25) is 0 Å². The third-order valence-electron chi connectivity index (χ3n) is 4.58. The molecular formula is C22H22FNO4. The predicted molar refractivity (Wildman–Crippen MR) is 102 cm³/mol. The Labute approximate surface area is 163 Å². The number of amides is 2. The summed E-state index contributed by atoms with van der Waals surface area (Å²) in [5, 5.41) is 0. The van der Waals surface area contributed by atoms with Gasteiger partial charge in [-0.25, -0.2) is 14.1 Å². The van der Waals surface area contributed by atoms with Crippen LogP contribution < -0.4 is 4.74 Å². The Morgan fingerprint density at radius 1 is 1.36 bits per heavy atom. The van der Waals surface area contributed by atoms with Crippen LogP contribution in [0.2, 0.25) is 0 Å². The fourth-order valence-corrected chi connectivity index (χ4v) is 3.13. The first-order valence-corrected chi connectivity index (χ1v) is 9.07. The number of imide groups is 1. The lowest BCUT2D eigenvalue weighted by Gasteiger charge is -2.25. The molecule has 0 aromatic heterocycles. The van der Waals surface area contributed by atoms with Crippen LogP contribution in [-0.4, -0.2) is 35.7 Å². The molecule has 0 aliphatic carbocycles. The lowest BCUT2D eigenvalue weighted by molar-refractivity contribution is -0.136. The van der Waals surface area contributed by atoms with Crippen LogP contribution in [0, 0.1) is 12.7 Å². The van der Waals surface area contributed by atoms with Gasteiger partial charge in [0, 0.05) is 6.42 Å². The topological polar surface area (TPSA) is 55.8 Å². The van der Waals surface area contributed by atoms with Crippen LogP contribution in [-0.2, 0) is 16.0 Å². The smallest absolute Gasteiger partial charge is 0.417 e. The summed E-state index contributed by atoms with van der Waals surface area (Å²) < 4.78 is 24.4. The lowest BCUT2D eigenvalue weighted by Crippen LogP contribution is -2.47. The number of carbonyl (C=O) groups excluding carboxylic acids is 2. The van der Waals surface area contributed by atoms with Crippen LogP contribution >= 0.6 is 0 Å². The van der Waals surface area contributed by atoms with Crippen molar-refractivity contribution < 1.29 is 23.5 Å². The number of benzene rings is 2. The van der Waals surface area contributed by atoms with Gasteiger partial charge in [0.15, 0.2) is 6.10 Å². The molecule has 2 amide bonds. The van der Waals surface area contributed by atoms with E-state index in [9.17, 15) is 14.0 Å². The second kappa shape index (κ2) is 8.69. The molecule has 1 fully saturated rings. The molecule has 1 aliphatic heterocycles. The minimum absolute atomic E-state index is 0.135. The van der Waals surface area contributed by atoms with Gasteiger partial charge in [-0.05, 0) is 42.7 Å². The molecule has 0 bridgehead atoms. The Morgan fingerprint density at radius 2 is 2.11 bits per heavy atom. The van der Waals surface area contributed by atoms with E-state index in [1.54, 1.807) is 13.0 Å². The Bertz CT molecular complexity index is 868. The number of carbonyl (C=O) groups is 2. The Hall–Kier alpha value is -3.15. The zero-order valence-corrected chi connectivity index (χ0v) is 15.6. The van der Waals surface area contributed by atoms with Gasteiger partial charge < -0.3 is 9.47 Å². The van der Waals surface area contributed by atoms with Gasteiger partial charge in [-0.3, -0.25) is 4.79 Å². The summed E-state index contributed by atoms with van der Waals surface area (Å²) in [5.74, 6) is -0.499. The van der Waals surface area contributed by atoms with E-state index < -0.39 is 24.1 Å². The fourth-order valence-electron chi connectivity index (χ4n) is 3.13. The molecule has 2 aromatic carbocycles. The van der Waals surface area contributed by atoms with Crippen molar-refractivity contribution in [2.75, 3.05) is 6.61 Å². The highest BCUT2D eigenvalue weighted by molar-refractivity contribution is 5.96. The summed E-state index contributed by atoms with van der Waals surface area (Å²) in [6.45, 7) is 5.41. The molecule has 28 heavy (non-hydrogen) atoms. The van der Waals surface area contributed by atoms with E-state index in [2.05, 4.69) is 6.58 Å². The zero-order valence-electron chi connectivity index (χ0n) is 15.6. The molecule has 3 rings (SSSR count). The molecular weight excluding hydrogens is 361 g/mol. The number of cyclic esters (lactones) is 1. The van der Waals surface area contributed by atoms with Gasteiger partial charge in [0.25, 0.3) is 5.91 Å². The maximum absolute atomic E-state index is 13.5. The SMILES string of the molecule is C=CC[C@@H](Oc1ccc(F)c(C)c1)C(=O)N1C(=O)OC[C@@H]1Cc1ccccc1.